The van der Waals surface area contributed by atoms with Crippen LogP contribution in [0.4, 0.5) is 5.95 Å². The highest BCUT2D eigenvalue weighted by Gasteiger charge is 2.35. The third-order valence-electron chi connectivity index (χ3n) is 6.34. The van der Waals surface area contributed by atoms with Crippen LogP contribution >= 0.6 is 35.0 Å². The van der Waals surface area contributed by atoms with Crippen LogP contribution in [0.3, 0.4) is 0 Å². The Balaban J connectivity index is 1.42. The summed E-state index contributed by atoms with van der Waals surface area (Å²) in [7, 11) is 0. The van der Waals surface area contributed by atoms with Crippen LogP contribution < -0.4 is 10.1 Å². The van der Waals surface area contributed by atoms with Crippen molar-refractivity contribution in [3.05, 3.63) is 111 Å². The maximum atomic E-state index is 13.5. The lowest BCUT2D eigenvalue weighted by molar-refractivity contribution is -0.140. The van der Waals surface area contributed by atoms with E-state index in [0.717, 1.165) is 28.9 Å². The normalized spacial score (nSPS) is 14.4. The van der Waals surface area contributed by atoms with Crippen LogP contribution in [0.1, 0.15) is 43.0 Å². The highest BCUT2D eigenvalue weighted by molar-refractivity contribution is 7.99. The van der Waals surface area contributed by atoms with E-state index in [1.807, 2.05) is 61.5 Å². The largest absolute Gasteiger partial charge is 0.489 e. The fraction of sp³-hybridized carbons (Fsp3) is 0.233. The molecule has 1 aliphatic rings. The maximum Gasteiger partial charge on any atom is 0.338 e. The molecule has 0 fully saturated rings. The number of aromatic nitrogens is 3. The van der Waals surface area contributed by atoms with Gasteiger partial charge in [0.25, 0.3) is 0 Å². The second-order valence-corrected chi connectivity index (χ2v) is 11.1. The molecule has 1 atom stereocenters. The molecule has 0 amide bonds. The van der Waals surface area contributed by atoms with Gasteiger partial charge in [-0.15, -0.1) is 5.10 Å². The lowest BCUT2D eigenvalue weighted by Crippen LogP contribution is -2.29. The van der Waals surface area contributed by atoms with Gasteiger partial charge in [0.15, 0.2) is 0 Å². The molecule has 4 aromatic rings. The Labute approximate surface area is 247 Å². The van der Waals surface area contributed by atoms with Crippen molar-refractivity contribution in [2.45, 2.75) is 44.7 Å². The number of hydrogen-bond donors (Lipinski definition) is 1. The van der Waals surface area contributed by atoms with Crippen molar-refractivity contribution in [2.75, 3.05) is 11.1 Å². The Kier molecular flexibility index (Phi) is 8.99. The number of hydrogen-bond acceptors (Lipinski definition) is 7. The Morgan fingerprint density at radius 1 is 1.00 bits per heavy atom. The number of carbonyl (C=O) groups excluding carboxylic acids is 1. The maximum absolute atomic E-state index is 13.5. The summed E-state index contributed by atoms with van der Waals surface area (Å²) >= 11 is 14.2. The molecule has 3 aromatic carbocycles. The standard InChI is InChI=1S/C30H28Cl2N4O3S/c1-3-16-40-30-34-29-33-19(2)26(28(37)39-17-20-8-5-4-6-9-20)27(36(29)35-30)21-12-14-22(15-13-21)38-18-23-24(31)10-7-11-25(23)32/h4-15,27H,3,16-18H2,1-2H3,(H,33,34,35). The molecule has 7 nitrogen and oxygen atoms in total. The molecule has 1 aromatic heterocycles. The lowest BCUT2D eigenvalue weighted by Gasteiger charge is -2.28. The van der Waals surface area contributed by atoms with Gasteiger partial charge in [0.1, 0.15) is 25.0 Å². The zero-order valence-corrected chi connectivity index (χ0v) is 24.4. The highest BCUT2D eigenvalue weighted by atomic mass is 35.5. The molecule has 0 bridgehead atoms. The summed E-state index contributed by atoms with van der Waals surface area (Å²) in [4.78, 5) is 18.2. The van der Waals surface area contributed by atoms with Gasteiger partial charge in [-0.1, -0.05) is 90.4 Å². The van der Waals surface area contributed by atoms with Gasteiger partial charge in [-0.05, 0) is 48.7 Å². The number of thioether (sulfide) groups is 1. The third kappa shape index (κ3) is 6.30. The van der Waals surface area contributed by atoms with Crippen molar-refractivity contribution in [3.63, 3.8) is 0 Å². The van der Waals surface area contributed by atoms with Crippen LogP contribution in [0.2, 0.25) is 10.0 Å². The predicted molar refractivity (Wildman–Crippen MR) is 159 cm³/mol. The molecular formula is C30H28Cl2N4O3S. The van der Waals surface area contributed by atoms with Gasteiger partial charge in [-0.25, -0.2) is 9.48 Å². The highest BCUT2D eigenvalue weighted by Crippen LogP contribution is 2.37. The molecule has 1 unspecified atom stereocenters. The van der Waals surface area contributed by atoms with Crippen LogP contribution in [0.15, 0.2) is 89.2 Å². The Hall–Kier alpha value is -3.46. The van der Waals surface area contributed by atoms with E-state index in [1.165, 1.54) is 0 Å². The number of nitrogens with zero attached hydrogens (tertiary/aromatic N) is 3. The fourth-order valence-corrected chi connectivity index (χ4v) is 5.52. The molecule has 5 rings (SSSR count). The van der Waals surface area contributed by atoms with E-state index in [1.54, 1.807) is 34.6 Å². The Morgan fingerprint density at radius 2 is 1.73 bits per heavy atom. The first-order valence-corrected chi connectivity index (χ1v) is 14.6. The van der Waals surface area contributed by atoms with E-state index < -0.39 is 12.0 Å². The summed E-state index contributed by atoms with van der Waals surface area (Å²) in [5.74, 6) is 1.69. The van der Waals surface area contributed by atoms with Crippen LogP contribution in [-0.4, -0.2) is 26.5 Å². The first kappa shape index (κ1) is 28.1. The molecule has 1 aliphatic heterocycles. The van der Waals surface area contributed by atoms with Gasteiger partial charge < -0.3 is 14.8 Å². The van der Waals surface area contributed by atoms with Crippen LogP contribution in [0.25, 0.3) is 0 Å². The molecule has 0 saturated heterocycles. The average Bonchev–Trinajstić information content (AvgIpc) is 3.37. The van der Waals surface area contributed by atoms with Crippen LogP contribution in [0, 0.1) is 0 Å². The van der Waals surface area contributed by atoms with Gasteiger partial charge in [0, 0.05) is 27.1 Å². The Bertz CT molecular complexity index is 1500. The number of allylic oxidation sites excluding steroid dienone is 1. The van der Waals surface area contributed by atoms with Gasteiger partial charge in [-0.3, -0.25) is 0 Å². The fourth-order valence-electron chi connectivity index (χ4n) is 4.33. The minimum absolute atomic E-state index is 0.169. The van der Waals surface area contributed by atoms with Crippen LogP contribution in [-0.2, 0) is 22.7 Å². The quantitative estimate of drug-likeness (QED) is 0.149. The molecule has 1 N–H and O–H groups in total. The summed E-state index contributed by atoms with van der Waals surface area (Å²) in [5, 5.41) is 9.75. The summed E-state index contributed by atoms with van der Waals surface area (Å²) in [6.45, 7) is 4.36. The number of halogens is 2. The summed E-state index contributed by atoms with van der Waals surface area (Å²) < 4.78 is 13.5. The zero-order chi connectivity index (χ0) is 28.1. The van der Waals surface area contributed by atoms with Crippen molar-refractivity contribution in [1.82, 2.24) is 14.8 Å². The van der Waals surface area contributed by atoms with E-state index >= 15 is 0 Å². The van der Waals surface area contributed by atoms with Gasteiger partial charge in [0.05, 0.1) is 5.57 Å². The second-order valence-electron chi connectivity index (χ2n) is 9.20. The molecule has 0 radical (unpaired) electrons. The molecule has 40 heavy (non-hydrogen) atoms. The monoisotopic (exact) mass is 594 g/mol. The van der Waals surface area contributed by atoms with E-state index in [-0.39, 0.29) is 13.2 Å². The number of esters is 1. The molecule has 10 heteroatoms. The number of rotatable bonds is 10. The van der Waals surface area contributed by atoms with Crippen molar-refractivity contribution < 1.29 is 14.3 Å². The predicted octanol–water partition coefficient (Wildman–Crippen LogP) is 7.70. The molecule has 0 saturated carbocycles. The van der Waals surface area contributed by atoms with E-state index in [9.17, 15) is 4.79 Å². The SMILES string of the molecule is CCCSc1nc2n(n1)C(c1ccc(OCc3c(Cl)cccc3Cl)cc1)C(C(=O)OCc1ccccc1)=C(C)N2. The van der Waals surface area contributed by atoms with Gasteiger partial charge in [0.2, 0.25) is 11.1 Å². The van der Waals surface area contributed by atoms with Gasteiger partial charge in [-0.2, -0.15) is 4.98 Å². The average molecular weight is 596 g/mol. The van der Waals surface area contributed by atoms with Gasteiger partial charge >= 0.3 is 5.97 Å². The molecule has 0 aliphatic carbocycles. The van der Waals surface area contributed by atoms with Crippen LogP contribution in [0.5, 0.6) is 5.75 Å². The topological polar surface area (TPSA) is 78.3 Å². The zero-order valence-electron chi connectivity index (χ0n) is 22.1. The number of fused-ring (bicyclic) bond motifs is 1. The summed E-state index contributed by atoms with van der Waals surface area (Å²) in [6.07, 6.45) is 1.00. The lowest BCUT2D eigenvalue weighted by atomic mass is 9.95. The van der Waals surface area contributed by atoms with Crippen molar-refractivity contribution >= 4 is 46.9 Å². The molecule has 2 heterocycles. The van der Waals surface area contributed by atoms with Crippen molar-refractivity contribution in [2.24, 2.45) is 0 Å². The second kappa shape index (κ2) is 12.8. The minimum atomic E-state index is -0.532. The van der Waals surface area contributed by atoms with Crippen molar-refractivity contribution in [1.29, 1.82) is 0 Å². The summed E-state index contributed by atoms with van der Waals surface area (Å²) in [5.41, 5.74) is 3.61. The van der Waals surface area contributed by atoms with E-state index in [4.69, 9.17) is 37.8 Å². The van der Waals surface area contributed by atoms with E-state index in [0.29, 0.717) is 38.2 Å². The molecule has 206 valence electrons. The number of benzene rings is 3. The molecule has 0 spiro atoms. The first-order chi connectivity index (χ1) is 19.4. The first-order valence-electron chi connectivity index (χ1n) is 12.9. The number of anilines is 1. The van der Waals surface area contributed by atoms with E-state index in [2.05, 4.69) is 17.2 Å². The molecular weight excluding hydrogens is 567 g/mol. The minimum Gasteiger partial charge on any atom is -0.489 e. The summed E-state index contributed by atoms with van der Waals surface area (Å²) in [6, 6.07) is 22.0. The smallest absolute Gasteiger partial charge is 0.338 e. The number of ether oxygens (including phenoxy) is 2. The van der Waals surface area contributed by atoms with Crippen molar-refractivity contribution in [3.8, 4) is 5.75 Å². The third-order valence-corrected chi connectivity index (χ3v) is 8.09. The Morgan fingerprint density at radius 3 is 2.42 bits per heavy atom. The number of carbonyl (C=O) groups is 1. The number of nitrogens with one attached hydrogen (secondary N) is 1.